The Morgan fingerprint density at radius 2 is 0.575 bits per heavy atom. The molecule has 11 amide bonds. The van der Waals surface area contributed by atoms with Crippen LogP contribution in [0.3, 0.4) is 0 Å². The van der Waals surface area contributed by atoms with Crippen molar-refractivity contribution in [1.29, 1.82) is 0 Å². The van der Waals surface area contributed by atoms with Crippen LogP contribution in [-0.2, 0) is 99.5 Å². The molecule has 6 bridgehead atoms. The van der Waals surface area contributed by atoms with E-state index in [-0.39, 0.29) is 160 Å². The molecule has 39 nitrogen and oxygen atoms in total. The molecule has 0 unspecified atom stereocenters. The van der Waals surface area contributed by atoms with Crippen molar-refractivity contribution in [2.75, 3.05) is 39.3 Å². The van der Waals surface area contributed by atoms with E-state index in [0.717, 1.165) is 90.5 Å². The number of hydrogen-bond donors (Lipinski definition) is 20. The second-order valence-electron chi connectivity index (χ2n) is 41.0. The highest BCUT2D eigenvalue weighted by molar-refractivity contribution is 5.97. The molecule has 9 aliphatic rings. The van der Waals surface area contributed by atoms with Gasteiger partial charge in [0.1, 0.15) is 31.3 Å². The minimum absolute atomic E-state index is 0.0553. The lowest BCUT2D eigenvalue weighted by Gasteiger charge is -2.63. The molecule has 9 fully saturated rings. The number of aliphatic imine (C=N–C) groups is 3. The van der Waals surface area contributed by atoms with E-state index in [1.807, 2.05) is 159 Å². The molecule has 0 radical (unpaired) electrons. The molecule has 796 valence electrons. The number of carbonyl (C=O) groups is 14. The van der Waals surface area contributed by atoms with E-state index in [9.17, 15) is 67.1 Å². The van der Waals surface area contributed by atoms with Crippen molar-refractivity contribution < 1.29 is 76.6 Å². The Kier molecular flexibility index (Phi) is 47.1. The van der Waals surface area contributed by atoms with Crippen LogP contribution in [0.1, 0.15) is 227 Å². The molecule has 0 spiro atoms. The van der Waals surface area contributed by atoms with Gasteiger partial charge in [-0.1, -0.05) is 159 Å². The third-order valence-electron chi connectivity index (χ3n) is 28.8. The number of primary amides is 3. The Hall–Kier alpha value is -13.4. The number of guanidine groups is 3. The lowest BCUT2D eigenvalue weighted by Crippen LogP contribution is -2.57. The largest absolute Gasteiger partial charge is 0.445 e. The summed E-state index contributed by atoms with van der Waals surface area (Å²) in [6.45, 7) is 4.13. The van der Waals surface area contributed by atoms with Crippen molar-refractivity contribution in [2.24, 2.45) is 141 Å². The van der Waals surface area contributed by atoms with Crippen LogP contribution in [0.5, 0.6) is 0 Å². The highest BCUT2D eigenvalue weighted by Crippen LogP contribution is 2.68. The van der Waals surface area contributed by atoms with Gasteiger partial charge in [0.25, 0.3) is 0 Å². The second kappa shape index (κ2) is 59.3. The number of hydrogen-bond acceptors (Lipinski definition) is 22. The molecular weight excluding hydrogens is 1860 g/mol. The van der Waals surface area contributed by atoms with Gasteiger partial charge in [-0.15, -0.1) is 0 Å². The first kappa shape index (κ1) is 116. The molecule has 0 heterocycles. The highest BCUT2D eigenvalue weighted by atomic mass is 16.6. The van der Waals surface area contributed by atoms with Gasteiger partial charge in [0.05, 0.1) is 30.2 Å². The van der Waals surface area contributed by atoms with E-state index in [2.05, 4.69) is 57.5 Å². The zero-order chi connectivity index (χ0) is 106. The third-order valence-corrected chi connectivity index (χ3v) is 28.8. The Bertz CT molecular complexity index is 4890. The lowest BCUT2D eigenvalue weighted by molar-refractivity contribution is -0.142. The van der Waals surface area contributed by atoms with Gasteiger partial charge in [-0.2, -0.15) is 0 Å². The molecule has 39 heteroatoms. The molecule has 0 aromatic heterocycles. The monoisotopic (exact) mass is 2020 g/mol. The highest BCUT2D eigenvalue weighted by Gasteiger charge is 2.59. The zero-order valence-corrected chi connectivity index (χ0v) is 84.4. The van der Waals surface area contributed by atoms with Gasteiger partial charge >= 0.3 is 12.2 Å². The van der Waals surface area contributed by atoms with Crippen molar-refractivity contribution in [3.05, 3.63) is 179 Å². The number of rotatable bonds is 66. The summed E-state index contributed by atoms with van der Waals surface area (Å²) in [5, 5.41) is 22.3. The Balaban J connectivity index is 0.000000245. The van der Waals surface area contributed by atoms with Crippen molar-refractivity contribution in [1.82, 2.24) is 42.5 Å². The van der Waals surface area contributed by atoms with Crippen LogP contribution >= 0.6 is 0 Å². The van der Waals surface area contributed by atoms with Crippen molar-refractivity contribution in [2.45, 2.75) is 280 Å². The maximum Gasteiger partial charge on any atom is 0.407 e. The van der Waals surface area contributed by atoms with Crippen LogP contribution in [0.15, 0.2) is 167 Å². The number of Topliss-reactive ketones (excluding diaryl/α,β-unsaturated/α-hetero) is 3. The van der Waals surface area contributed by atoms with E-state index in [0.29, 0.717) is 110 Å². The Morgan fingerprint density at radius 3 is 0.836 bits per heavy atom. The first-order valence-electron chi connectivity index (χ1n) is 51.5. The summed E-state index contributed by atoms with van der Waals surface area (Å²) in [7, 11) is 0. The van der Waals surface area contributed by atoms with Gasteiger partial charge < -0.3 is 121 Å². The number of ether oxygens (including phenoxy) is 2. The number of amides is 11. The summed E-state index contributed by atoms with van der Waals surface area (Å²) >= 11 is 0. The van der Waals surface area contributed by atoms with Gasteiger partial charge in [0, 0.05) is 75.7 Å². The van der Waals surface area contributed by atoms with Crippen molar-refractivity contribution in [3.63, 3.8) is 0 Å². The van der Waals surface area contributed by atoms with Crippen LogP contribution in [-0.4, -0.2) is 188 Å². The number of nitrogens with two attached hydrogens (primary N) is 12. The molecule has 0 saturated heterocycles. The van der Waals surface area contributed by atoms with E-state index in [4.69, 9.17) is 78.3 Å². The van der Waals surface area contributed by atoms with E-state index in [1.165, 1.54) is 19.3 Å². The number of carbonyl (C=O) groups excluding carboxylic acids is 14. The number of unbranched alkanes of at least 4 members (excludes halogenated alkanes) is 3. The standard InChI is InChI=1S/C39H55N7O6.C38H54N8O6.C30H48N8O4/c1-26(21-39-22-29(23-39)24-39)35(49)45-31(16-10-18-43-37(41)42)33(47)20-30(19-27-11-4-2-5-12-27)36(50)46-32(34(40)48)15-8-9-17-44-38(51)52-25-28-13-6-3-7-14-28;39-29(23-38-20-27(21-38)22-38)35(50)45-30(15-9-17-43-36(41)42)32(47)19-28(18-25-10-3-1-4-11-25)34(49)46-31(33(40)48)14-7-8-16-44-37(51)52-24-26-12-5-2-6-13-26;31-11-5-4-9-24(26(33)40)38-27(41)21(13-19-7-2-1-3-8-19)14-25(39)23(10-6-12-36-29(34)35)37-28(42)22(32)18-30-15-20(16-30)17-30/h2-7,11-14,26,29-32H,8-10,15-25H2,1H3,(H2,40,48)(H,44,51)(H,45,49)(H,46,50)(H4,41,42,43);1-6,10-13,27-31H,7-9,14-24,39H2,(H2,40,48)(H,44,51)(H,45,50)(H,46,49)(H4,41,42,43);1-3,7-8,20-24H,4-6,9-18,31-32H2,(H2,33,40)(H,37,42)(H,38,41)(H4,34,35,36)/t26-,29?,30+,31-,32-,39?;27?,28-,29+,30+,31+,38?;20?,21-,22+,23+,24+,30?/m011/s1. The van der Waals surface area contributed by atoms with E-state index >= 15 is 0 Å². The van der Waals surface area contributed by atoms with Crippen LogP contribution in [0.4, 0.5) is 9.59 Å². The minimum Gasteiger partial charge on any atom is -0.445 e. The van der Waals surface area contributed by atoms with Crippen LogP contribution in [0.25, 0.3) is 0 Å². The molecule has 5 aromatic carbocycles. The average Bonchev–Trinajstić information content (AvgIpc) is 0.730. The Labute approximate surface area is 855 Å². The van der Waals surface area contributed by atoms with E-state index < -0.39 is 120 Å². The number of alkyl carbamates (subject to hydrolysis) is 2. The fourth-order valence-corrected chi connectivity index (χ4v) is 20.6. The Morgan fingerprint density at radius 1 is 0.322 bits per heavy atom. The fraction of sp³-hybridized carbons (Fsp3) is 0.561. The molecule has 5 aromatic rings. The van der Waals surface area contributed by atoms with Crippen molar-refractivity contribution in [3.8, 4) is 0 Å². The summed E-state index contributed by atoms with van der Waals surface area (Å²) in [5.41, 5.74) is 72.7. The third kappa shape index (κ3) is 39.8. The summed E-state index contributed by atoms with van der Waals surface area (Å²) < 4.78 is 10.4. The molecule has 9 aliphatic carbocycles. The summed E-state index contributed by atoms with van der Waals surface area (Å²) in [6.07, 6.45) is 17.5. The summed E-state index contributed by atoms with van der Waals surface area (Å²) in [4.78, 5) is 195. The topological polar surface area (TPSA) is 703 Å². The van der Waals surface area contributed by atoms with Gasteiger partial charge in [-0.05, 0) is 261 Å². The van der Waals surface area contributed by atoms with Crippen LogP contribution in [0.2, 0.25) is 0 Å². The molecule has 146 heavy (non-hydrogen) atoms. The van der Waals surface area contributed by atoms with Crippen molar-refractivity contribution >= 4 is 101 Å². The molecule has 12 atom stereocenters. The van der Waals surface area contributed by atoms with Crippen LogP contribution < -0.4 is 111 Å². The number of nitrogens with zero attached hydrogens (tertiary/aromatic N) is 3. The van der Waals surface area contributed by atoms with Gasteiger partial charge in [-0.3, -0.25) is 72.5 Å². The summed E-state index contributed by atoms with van der Waals surface area (Å²) in [6, 6.07) is 39.6. The predicted octanol–water partition coefficient (Wildman–Crippen LogP) is 5.12. The zero-order valence-electron chi connectivity index (χ0n) is 84.4. The molecule has 14 rings (SSSR count). The number of benzene rings is 5. The second-order valence-corrected chi connectivity index (χ2v) is 41.0. The lowest BCUT2D eigenvalue weighted by atomic mass is 9.42. The molecule has 0 aliphatic heterocycles. The first-order chi connectivity index (χ1) is 69.9. The fourth-order valence-electron chi connectivity index (χ4n) is 20.6. The first-order valence-corrected chi connectivity index (χ1v) is 51.5. The van der Waals surface area contributed by atoms with Gasteiger partial charge in [0.2, 0.25) is 53.2 Å². The maximum atomic E-state index is 13.9. The smallest absolute Gasteiger partial charge is 0.407 e. The normalized spacial score (nSPS) is 19.9. The molecular formula is C107H157N23O16. The molecule has 9 saturated carbocycles. The van der Waals surface area contributed by atoms with Gasteiger partial charge in [-0.25, -0.2) is 9.59 Å². The van der Waals surface area contributed by atoms with Gasteiger partial charge in [0.15, 0.2) is 35.2 Å². The number of ketones is 3. The quantitative estimate of drug-likeness (QED) is 0.0136. The SMILES string of the molecule is C[C@@H](CC12CC(C1)C2)C(=O)N[C@@H](CCCN=C(N)N)C(=O)C[C@@H](Cc1ccccc1)C(=O)N[C@@H](CCCCNC(=O)OCc1ccccc1)C(N)=O.NC(=O)[C@H](CCCCNC(=O)OCc1ccccc1)NC(=O)[C@@H](CC(=O)[C@H](CCCN=C(N)N)NC(=O)[C@@H](N)CC12CC(C1)C2)Cc1ccccc1.NCCCC[C@H](NC(=O)[C@@H](CC(=O)[C@H](CCCN=C(N)N)NC(=O)[C@@H](N)CC12CC(C1)C2)Cc1ccccc1)C(N)=O. The number of nitrogens with one attached hydrogen (secondary N) is 8. The van der Waals surface area contributed by atoms with E-state index in [1.54, 1.807) is 0 Å². The van der Waals surface area contributed by atoms with Crippen LogP contribution in [0, 0.1) is 57.7 Å². The molecule has 32 N–H and O–H groups in total. The summed E-state index contributed by atoms with van der Waals surface area (Å²) in [5.74, 6) is -5.96. The average molecular weight is 2020 g/mol. The predicted molar refractivity (Wildman–Crippen MR) is 557 cm³/mol. The minimum atomic E-state index is -0.990. The maximum absolute atomic E-state index is 13.9.